The van der Waals surface area contributed by atoms with E-state index in [4.69, 9.17) is 0 Å². The van der Waals surface area contributed by atoms with E-state index in [0.29, 0.717) is 17.6 Å². The monoisotopic (exact) mass is 266 g/mol. The van der Waals surface area contributed by atoms with Crippen LogP contribution in [0.3, 0.4) is 0 Å². The van der Waals surface area contributed by atoms with Crippen LogP contribution in [0.2, 0.25) is 0 Å². The Morgan fingerprint density at radius 1 is 1.10 bits per heavy atom. The first-order chi connectivity index (χ1) is 9.90. The average Bonchev–Trinajstić information content (AvgIpc) is 3.23. The zero-order valence-electron chi connectivity index (χ0n) is 10.8. The summed E-state index contributed by atoms with van der Waals surface area (Å²) in [5.41, 5.74) is 1.95. The zero-order chi connectivity index (χ0) is 13.4. The Bertz CT molecular complexity index is 719. The molecule has 2 aromatic heterocycles. The van der Waals surface area contributed by atoms with Gasteiger partial charge in [-0.3, -0.25) is 0 Å². The average molecular weight is 266 g/mol. The molecule has 6 heteroatoms. The van der Waals surface area contributed by atoms with Crippen LogP contribution in [0, 0.1) is 5.92 Å². The number of hydrogen-bond acceptors (Lipinski definition) is 5. The second-order valence-corrected chi connectivity index (χ2v) is 5.12. The summed E-state index contributed by atoms with van der Waals surface area (Å²) in [5.74, 6) is 1.48. The molecule has 20 heavy (non-hydrogen) atoms. The van der Waals surface area contributed by atoms with Crippen LogP contribution in [0.15, 0.2) is 42.5 Å². The molecule has 1 aliphatic rings. The van der Waals surface area contributed by atoms with Crippen molar-refractivity contribution in [3.8, 4) is 0 Å². The molecule has 0 spiro atoms. The van der Waals surface area contributed by atoms with E-state index >= 15 is 0 Å². The van der Waals surface area contributed by atoms with Crippen molar-refractivity contribution in [2.45, 2.75) is 18.9 Å². The lowest BCUT2D eigenvalue weighted by Gasteiger charge is -2.19. The van der Waals surface area contributed by atoms with Crippen molar-refractivity contribution in [3.63, 3.8) is 0 Å². The Morgan fingerprint density at radius 2 is 1.95 bits per heavy atom. The standard InChI is InChI=1S/C14H14N6/c1-2-4-10(5-3-1)14(11-6-7-11)15-12-8-9-13-16-18-19-20(13)17-12/h1-5,8-9,11,14H,6-7H2,(H,15,17)/t14-/m1/s1. The zero-order valence-corrected chi connectivity index (χ0v) is 10.8. The summed E-state index contributed by atoms with van der Waals surface area (Å²) in [7, 11) is 0. The summed E-state index contributed by atoms with van der Waals surface area (Å²) < 4.78 is 1.44. The van der Waals surface area contributed by atoms with E-state index < -0.39 is 0 Å². The normalized spacial score (nSPS) is 16.2. The fourth-order valence-electron chi connectivity index (χ4n) is 2.45. The number of aromatic nitrogens is 5. The highest BCUT2D eigenvalue weighted by molar-refractivity contribution is 5.44. The van der Waals surface area contributed by atoms with E-state index in [1.54, 1.807) is 0 Å². The Kier molecular flexibility index (Phi) is 2.58. The van der Waals surface area contributed by atoms with Gasteiger partial charge in [-0.2, -0.15) is 0 Å². The Balaban J connectivity index is 1.64. The third-order valence-electron chi connectivity index (χ3n) is 3.63. The predicted octanol–water partition coefficient (Wildman–Crippen LogP) is 2.08. The second-order valence-electron chi connectivity index (χ2n) is 5.12. The van der Waals surface area contributed by atoms with Gasteiger partial charge in [0, 0.05) is 0 Å². The van der Waals surface area contributed by atoms with Gasteiger partial charge in [0.25, 0.3) is 0 Å². The molecule has 1 fully saturated rings. The van der Waals surface area contributed by atoms with Crippen molar-refractivity contribution in [2.24, 2.45) is 5.92 Å². The van der Waals surface area contributed by atoms with Gasteiger partial charge >= 0.3 is 0 Å². The highest BCUT2D eigenvalue weighted by Gasteiger charge is 2.32. The maximum Gasteiger partial charge on any atom is 0.200 e. The van der Waals surface area contributed by atoms with E-state index in [1.165, 1.54) is 23.0 Å². The maximum absolute atomic E-state index is 4.38. The van der Waals surface area contributed by atoms with Gasteiger partial charge in [-0.05, 0) is 46.9 Å². The van der Waals surface area contributed by atoms with Crippen LogP contribution in [0.4, 0.5) is 5.82 Å². The highest BCUT2D eigenvalue weighted by Crippen LogP contribution is 2.42. The summed E-state index contributed by atoms with van der Waals surface area (Å²) >= 11 is 0. The second kappa shape index (κ2) is 4.56. The number of rotatable bonds is 4. The van der Waals surface area contributed by atoms with Gasteiger partial charge < -0.3 is 5.32 Å². The third-order valence-corrected chi connectivity index (χ3v) is 3.63. The summed E-state index contributed by atoms with van der Waals surface area (Å²) in [4.78, 5) is 0. The van der Waals surface area contributed by atoms with Crippen LogP contribution in [-0.4, -0.2) is 25.3 Å². The SMILES string of the molecule is c1ccc([C@@H](Nc2ccc3nnnn3n2)C2CC2)cc1. The Morgan fingerprint density at radius 3 is 2.75 bits per heavy atom. The van der Waals surface area contributed by atoms with E-state index in [1.807, 2.05) is 18.2 Å². The number of fused-ring (bicyclic) bond motifs is 1. The van der Waals surface area contributed by atoms with Gasteiger partial charge in [0.1, 0.15) is 5.82 Å². The molecule has 0 aliphatic heterocycles. The van der Waals surface area contributed by atoms with Crippen LogP contribution in [0.1, 0.15) is 24.4 Å². The molecular weight excluding hydrogens is 252 g/mol. The minimum Gasteiger partial charge on any atom is -0.361 e. The van der Waals surface area contributed by atoms with Gasteiger partial charge in [-0.15, -0.1) is 14.8 Å². The van der Waals surface area contributed by atoms with Crippen molar-refractivity contribution in [1.82, 2.24) is 25.3 Å². The molecule has 3 aromatic rings. The summed E-state index contributed by atoms with van der Waals surface area (Å²) in [6.45, 7) is 0. The molecule has 1 aromatic carbocycles. The molecule has 1 aliphatic carbocycles. The number of tetrazole rings is 1. The summed E-state index contributed by atoms with van der Waals surface area (Å²) in [5, 5.41) is 19.2. The number of nitrogens with one attached hydrogen (secondary N) is 1. The van der Waals surface area contributed by atoms with Crippen LogP contribution in [0.5, 0.6) is 0 Å². The van der Waals surface area contributed by atoms with Gasteiger partial charge in [-0.25, -0.2) is 0 Å². The Labute approximate surface area is 115 Å². The fraction of sp³-hybridized carbons (Fsp3) is 0.286. The fourth-order valence-corrected chi connectivity index (χ4v) is 2.45. The van der Waals surface area contributed by atoms with Crippen molar-refractivity contribution < 1.29 is 0 Å². The topological polar surface area (TPSA) is 68.0 Å². The van der Waals surface area contributed by atoms with E-state index in [-0.39, 0.29) is 0 Å². The number of anilines is 1. The molecule has 1 saturated carbocycles. The third kappa shape index (κ3) is 2.09. The minimum absolute atomic E-state index is 0.303. The molecule has 1 atom stereocenters. The molecule has 4 rings (SSSR count). The molecule has 0 saturated heterocycles. The maximum atomic E-state index is 4.38. The number of benzene rings is 1. The first-order valence-electron chi connectivity index (χ1n) is 6.77. The molecule has 2 heterocycles. The molecule has 6 nitrogen and oxygen atoms in total. The minimum atomic E-state index is 0.303. The summed E-state index contributed by atoms with van der Waals surface area (Å²) in [6.07, 6.45) is 2.53. The van der Waals surface area contributed by atoms with Gasteiger partial charge in [-0.1, -0.05) is 30.3 Å². The molecule has 0 amide bonds. The molecular formula is C14H14N6. The molecule has 0 radical (unpaired) electrons. The molecule has 0 unspecified atom stereocenters. The largest absolute Gasteiger partial charge is 0.361 e. The van der Waals surface area contributed by atoms with Crippen LogP contribution in [0.25, 0.3) is 5.65 Å². The Hall–Kier alpha value is -2.50. The first-order valence-corrected chi connectivity index (χ1v) is 6.77. The van der Waals surface area contributed by atoms with E-state index in [0.717, 1.165) is 5.82 Å². The van der Waals surface area contributed by atoms with Crippen molar-refractivity contribution >= 4 is 11.5 Å². The van der Waals surface area contributed by atoms with E-state index in [2.05, 4.69) is 50.2 Å². The lowest BCUT2D eigenvalue weighted by atomic mass is 10.0. The lowest BCUT2D eigenvalue weighted by molar-refractivity contribution is 0.663. The van der Waals surface area contributed by atoms with Crippen LogP contribution >= 0.6 is 0 Å². The smallest absolute Gasteiger partial charge is 0.200 e. The van der Waals surface area contributed by atoms with Gasteiger partial charge in [0.05, 0.1) is 6.04 Å². The number of hydrogen-bond donors (Lipinski definition) is 1. The quantitative estimate of drug-likeness (QED) is 0.783. The van der Waals surface area contributed by atoms with Gasteiger partial charge in [0.2, 0.25) is 0 Å². The van der Waals surface area contributed by atoms with Gasteiger partial charge in [0.15, 0.2) is 5.65 Å². The van der Waals surface area contributed by atoms with Crippen LogP contribution in [-0.2, 0) is 0 Å². The lowest BCUT2D eigenvalue weighted by Crippen LogP contribution is -2.14. The van der Waals surface area contributed by atoms with E-state index in [9.17, 15) is 0 Å². The van der Waals surface area contributed by atoms with Crippen molar-refractivity contribution in [1.29, 1.82) is 0 Å². The predicted molar refractivity (Wildman–Crippen MR) is 74.1 cm³/mol. The molecule has 100 valence electrons. The first kappa shape index (κ1) is 11.3. The summed E-state index contributed by atoms with van der Waals surface area (Å²) in [6, 6.07) is 14.6. The highest BCUT2D eigenvalue weighted by atomic mass is 15.6. The van der Waals surface area contributed by atoms with Crippen molar-refractivity contribution in [3.05, 3.63) is 48.0 Å². The molecule has 1 N–H and O–H groups in total. The van der Waals surface area contributed by atoms with Crippen LogP contribution < -0.4 is 5.32 Å². The number of nitrogens with zero attached hydrogens (tertiary/aromatic N) is 5. The van der Waals surface area contributed by atoms with Crippen molar-refractivity contribution in [2.75, 3.05) is 5.32 Å². The molecule has 0 bridgehead atoms.